The molecule has 1 aliphatic heterocycles. The number of benzene rings is 1. The van der Waals surface area contributed by atoms with E-state index in [1.807, 2.05) is 12.2 Å². The highest BCUT2D eigenvalue weighted by molar-refractivity contribution is 6.32. The van der Waals surface area contributed by atoms with Crippen LogP contribution in [0.4, 0.5) is 0 Å². The molecule has 152 valence electrons. The summed E-state index contributed by atoms with van der Waals surface area (Å²) in [4.78, 5) is 36.6. The number of fused-ring (bicyclic) bond motifs is 5. The van der Waals surface area contributed by atoms with Gasteiger partial charge in [-0.15, -0.1) is 0 Å². The second kappa shape index (κ2) is 7.51. The standard InChI is InChI=1S/C20H19ClN2O6/c1-27-14-6-10(5-13(21)18(14)29-9-15(24)28-2)8-22-23-19(25)16-11-3-4-12(7-11)17(16)20(23)26/h3-6,8,11-12,16-17H,7,9H2,1-2H3/b22-8-/t11-,12-,16+,17+/m0/s1. The molecule has 1 heterocycles. The lowest BCUT2D eigenvalue weighted by Crippen LogP contribution is -2.28. The van der Waals surface area contributed by atoms with Gasteiger partial charge >= 0.3 is 5.97 Å². The number of ether oxygens (including phenoxy) is 3. The van der Waals surface area contributed by atoms with Crippen LogP contribution in [0.25, 0.3) is 0 Å². The first kappa shape index (κ1) is 19.4. The lowest BCUT2D eigenvalue weighted by atomic mass is 9.85. The summed E-state index contributed by atoms with van der Waals surface area (Å²) in [6.45, 7) is -0.323. The third-order valence-electron chi connectivity index (χ3n) is 5.58. The summed E-state index contributed by atoms with van der Waals surface area (Å²) in [5.74, 6) is -0.973. The molecule has 2 amide bonds. The van der Waals surface area contributed by atoms with Gasteiger partial charge in [0.25, 0.3) is 11.8 Å². The zero-order valence-electron chi connectivity index (χ0n) is 15.8. The Morgan fingerprint density at radius 1 is 1.21 bits per heavy atom. The van der Waals surface area contributed by atoms with Gasteiger partial charge in [0.15, 0.2) is 18.1 Å². The summed E-state index contributed by atoms with van der Waals surface area (Å²) in [5, 5.41) is 5.27. The number of amides is 2. The number of esters is 1. The molecular weight excluding hydrogens is 400 g/mol. The number of halogens is 1. The molecule has 1 aromatic rings. The molecule has 1 saturated carbocycles. The first-order valence-corrected chi connectivity index (χ1v) is 9.49. The summed E-state index contributed by atoms with van der Waals surface area (Å²) in [6.07, 6.45) is 6.30. The van der Waals surface area contributed by atoms with E-state index < -0.39 is 5.97 Å². The fourth-order valence-electron chi connectivity index (χ4n) is 4.27. The van der Waals surface area contributed by atoms with E-state index in [0.29, 0.717) is 5.56 Å². The largest absolute Gasteiger partial charge is 0.493 e. The number of hydrazone groups is 1. The van der Waals surface area contributed by atoms with Gasteiger partial charge in [0, 0.05) is 0 Å². The maximum absolute atomic E-state index is 12.7. The van der Waals surface area contributed by atoms with Crippen molar-refractivity contribution in [3.05, 3.63) is 34.9 Å². The van der Waals surface area contributed by atoms with E-state index in [9.17, 15) is 14.4 Å². The van der Waals surface area contributed by atoms with Crippen molar-refractivity contribution in [2.75, 3.05) is 20.8 Å². The molecule has 0 unspecified atom stereocenters. The van der Waals surface area contributed by atoms with Crippen LogP contribution < -0.4 is 9.47 Å². The molecule has 2 fully saturated rings. The van der Waals surface area contributed by atoms with E-state index in [1.54, 1.807) is 6.07 Å². The van der Waals surface area contributed by atoms with Crippen LogP contribution >= 0.6 is 11.6 Å². The Bertz CT molecular complexity index is 913. The third-order valence-corrected chi connectivity index (χ3v) is 5.86. The van der Waals surface area contributed by atoms with E-state index in [2.05, 4.69) is 9.84 Å². The van der Waals surface area contributed by atoms with Gasteiger partial charge in [-0.3, -0.25) is 9.59 Å². The van der Waals surface area contributed by atoms with Crippen LogP contribution in [-0.4, -0.2) is 49.8 Å². The number of allylic oxidation sites excluding steroid dienone is 2. The van der Waals surface area contributed by atoms with Gasteiger partial charge < -0.3 is 14.2 Å². The van der Waals surface area contributed by atoms with Gasteiger partial charge in [0.05, 0.1) is 37.3 Å². The van der Waals surface area contributed by atoms with Crippen molar-refractivity contribution in [2.24, 2.45) is 28.8 Å². The van der Waals surface area contributed by atoms with Crippen molar-refractivity contribution in [1.29, 1.82) is 0 Å². The van der Waals surface area contributed by atoms with Crippen molar-refractivity contribution < 1.29 is 28.6 Å². The van der Waals surface area contributed by atoms with Crippen molar-refractivity contribution in [2.45, 2.75) is 6.42 Å². The summed E-state index contributed by atoms with van der Waals surface area (Å²) in [6, 6.07) is 3.12. The Labute approximate surface area is 172 Å². The Kier molecular flexibility index (Phi) is 5.04. The zero-order chi connectivity index (χ0) is 20.7. The molecule has 1 aromatic carbocycles. The maximum atomic E-state index is 12.7. The van der Waals surface area contributed by atoms with Crippen LogP contribution in [0.15, 0.2) is 29.4 Å². The summed E-state index contributed by atoms with van der Waals surface area (Å²) in [7, 11) is 2.68. The fraction of sp³-hybridized carbons (Fsp3) is 0.400. The molecule has 9 heteroatoms. The lowest BCUT2D eigenvalue weighted by Gasteiger charge is -2.13. The van der Waals surface area contributed by atoms with Crippen LogP contribution in [0.2, 0.25) is 5.02 Å². The number of imide groups is 1. The smallest absolute Gasteiger partial charge is 0.343 e. The van der Waals surface area contributed by atoms with Crippen LogP contribution in [-0.2, 0) is 19.1 Å². The van der Waals surface area contributed by atoms with Crippen LogP contribution in [0.5, 0.6) is 11.5 Å². The molecule has 4 atom stereocenters. The van der Waals surface area contributed by atoms with Gasteiger partial charge in [-0.05, 0) is 36.0 Å². The first-order valence-electron chi connectivity index (χ1n) is 9.12. The van der Waals surface area contributed by atoms with Crippen molar-refractivity contribution in [3.8, 4) is 11.5 Å². The first-order chi connectivity index (χ1) is 13.9. The van der Waals surface area contributed by atoms with E-state index >= 15 is 0 Å². The number of rotatable bonds is 6. The topological polar surface area (TPSA) is 94.5 Å². The second-order valence-electron chi connectivity index (χ2n) is 7.13. The normalized spacial score (nSPS) is 27.1. The second-order valence-corrected chi connectivity index (χ2v) is 7.54. The lowest BCUT2D eigenvalue weighted by molar-refractivity contribution is -0.143. The Balaban J connectivity index is 1.53. The highest BCUT2D eigenvalue weighted by Gasteiger charge is 2.59. The van der Waals surface area contributed by atoms with Crippen molar-refractivity contribution >= 4 is 35.6 Å². The number of hydrogen-bond acceptors (Lipinski definition) is 7. The summed E-state index contributed by atoms with van der Waals surface area (Å²) in [5.41, 5.74) is 0.510. The fourth-order valence-corrected chi connectivity index (χ4v) is 4.54. The monoisotopic (exact) mass is 418 g/mol. The average Bonchev–Trinajstić information content (AvgIpc) is 3.39. The zero-order valence-corrected chi connectivity index (χ0v) is 16.6. The minimum absolute atomic E-state index is 0.127. The van der Waals surface area contributed by atoms with E-state index in [1.165, 1.54) is 26.5 Å². The molecule has 0 radical (unpaired) electrons. The third kappa shape index (κ3) is 3.27. The Morgan fingerprint density at radius 2 is 1.86 bits per heavy atom. The van der Waals surface area contributed by atoms with E-state index in [0.717, 1.165) is 11.4 Å². The Hall–Kier alpha value is -2.87. The average molecular weight is 419 g/mol. The van der Waals surface area contributed by atoms with Gasteiger partial charge in [-0.1, -0.05) is 23.8 Å². The maximum Gasteiger partial charge on any atom is 0.343 e. The molecule has 2 bridgehead atoms. The molecular formula is C20H19ClN2O6. The number of carbonyl (C=O) groups is 3. The number of hydrogen-bond donors (Lipinski definition) is 0. The molecule has 3 aliphatic rings. The molecule has 0 N–H and O–H groups in total. The molecule has 8 nitrogen and oxygen atoms in total. The summed E-state index contributed by atoms with van der Waals surface area (Å²) < 4.78 is 15.2. The molecule has 1 saturated heterocycles. The highest BCUT2D eigenvalue weighted by Crippen LogP contribution is 2.52. The Morgan fingerprint density at radius 3 is 2.45 bits per heavy atom. The molecule has 29 heavy (non-hydrogen) atoms. The minimum atomic E-state index is -0.561. The minimum Gasteiger partial charge on any atom is -0.493 e. The van der Waals surface area contributed by atoms with Crippen LogP contribution in [0.3, 0.4) is 0 Å². The van der Waals surface area contributed by atoms with E-state index in [4.69, 9.17) is 21.1 Å². The van der Waals surface area contributed by atoms with E-state index in [-0.39, 0.29) is 58.6 Å². The van der Waals surface area contributed by atoms with Gasteiger partial charge in [0.2, 0.25) is 0 Å². The number of methoxy groups -OCH3 is 2. The van der Waals surface area contributed by atoms with Crippen molar-refractivity contribution in [3.63, 3.8) is 0 Å². The number of nitrogens with zero attached hydrogens (tertiary/aromatic N) is 2. The summed E-state index contributed by atoms with van der Waals surface area (Å²) >= 11 is 6.24. The molecule has 0 aromatic heterocycles. The quantitative estimate of drug-likeness (QED) is 0.304. The van der Waals surface area contributed by atoms with Gasteiger partial charge in [-0.25, -0.2) is 4.79 Å². The molecule has 4 rings (SSSR count). The predicted octanol–water partition coefficient (Wildman–Crippen LogP) is 2.04. The van der Waals surface area contributed by atoms with Gasteiger partial charge in [0.1, 0.15) is 0 Å². The number of carbonyl (C=O) groups excluding carboxylic acids is 3. The van der Waals surface area contributed by atoms with Gasteiger partial charge in [-0.2, -0.15) is 10.1 Å². The van der Waals surface area contributed by atoms with Crippen LogP contribution in [0, 0.1) is 23.7 Å². The highest BCUT2D eigenvalue weighted by atomic mass is 35.5. The molecule has 2 aliphatic carbocycles. The van der Waals surface area contributed by atoms with Crippen LogP contribution in [0.1, 0.15) is 12.0 Å². The SMILES string of the molecule is COC(=O)COc1c(Cl)cc(/C=N\N2C(=O)[C@H]3[C@H](C2=O)[C@H]2C=C[C@H]3C2)cc1OC. The predicted molar refractivity (Wildman–Crippen MR) is 103 cm³/mol. The van der Waals surface area contributed by atoms with Crippen molar-refractivity contribution in [1.82, 2.24) is 5.01 Å². The molecule has 0 spiro atoms.